The minimum absolute atomic E-state index is 0.379. The summed E-state index contributed by atoms with van der Waals surface area (Å²) in [5.41, 5.74) is 2.91. The molecule has 0 unspecified atom stereocenters. The highest BCUT2D eigenvalue weighted by atomic mass is 32.1. The first-order chi connectivity index (χ1) is 8.74. The lowest BCUT2D eigenvalue weighted by Gasteiger charge is -2.26. The highest BCUT2D eigenvalue weighted by molar-refractivity contribution is 7.13. The van der Waals surface area contributed by atoms with Crippen LogP contribution in [0, 0.1) is 0 Å². The van der Waals surface area contributed by atoms with E-state index >= 15 is 0 Å². The Morgan fingerprint density at radius 3 is 2.72 bits per heavy atom. The Morgan fingerprint density at radius 2 is 2.11 bits per heavy atom. The lowest BCUT2D eigenvalue weighted by Crippen LogP contribution is -2.08. The van der Waals surface area contributed by atoms with E-state index < -0.39 is 5.97 Å². The number of thiophene rings is 1. The van der Waals surface area contributed by atoms with Crippen molar-refractivity contribution in [2.24, 2.45) is 0 Å². The molecule has 3 heteroatoms. The summed E-state index contributed by atoms with van der Waals surface area (Å²) in [4.78, 5) is 11.9. The van der Waals surface area contributed by atoms with Crippen LogP contribution >= 0.6 is 11.3 Å². The second-order valence-electron chi connectivity index (χ2n) is 4.76. The smallest absolute Gasteiger partial charge is 0.336 e. The maximum absolute atomic E-state index is 10.9. The molecule has 0 aliphatic heterocycles. The summed E-state index contributed by atoms with van der Waals surface area (Å²) in [5, 5.41) is 10.6. The molecule has 1 fully saturated rings. The Hall–Kier alpha value is -1.61. The second kappa shape index (κ2) is 4.58. The van der Waals surface area contributed by atoms with E-state index in [4.69, 9.17) is 5.11 Å². The van der Waals surface area contributed by atoms with Crippen molar-refractivity contribution in [1.82, 2.24) is 0 Å². The minimum Gasteiger partial charge on any atom is -0.478 e. The fourth-order valence-corrected chi connectivity index (χ4v) is 3.17. The number of rotatable bonds is 3. The second-order valence-corrected chi connectivity index (χ2v) is 5.67. The third-order valence-corrected chi connectivity index (χ3v) is 4.57. The van der Waals surface area contributed by atoms with Gasteiger partial charge in [-0.2, -0.15) is 0 Å². The SMILES string of the molecule is O=C(O)c1csc(-c2cccc(C3CCC3)c2)c1. The largest absolute Gasteiger partial charge is 0.478 e. The van der Waals surface area contributed by atoms with Crippen LogP contribution in [0.1, 0.15) is 41.1 Å². The van der Waals surface area contributed by atoms with E-state index in [-0.39, 0.29) is 0 Å². The van der Waals surface area contributed by atoms with Crippen LogP contribution < -0.4 is 0 Å². The molecule has 1 saturated carbocycles. The van der Waals surface area contributed by atoms with E-state index in [9.17, 15) is 4.79 Å². The van der Waals surface area contributed by atoms with Crippen molar-refractivity contribution in [3.63, 3.8) is 0 Å². The summed E-state index contributed by atoms with van der Waals surface area (Å²) in [6.07, 6.45) is 3.90. The van der Waals surface area contributed by atoms with E-state index in [1.54, 1.807) is 11.4 Å². The molecule has 3 rings (SSSR count). The van der Waals surface area contributed by atoms with Crippen molar-refractivity contribution in [3.05, 3.63) is 46.8 Å². The zero-order valence-electron chi connectivity index (χ0n) is 9.93. The fraction of sp³-hybridized carbons (Fsp3) is 0.267. The number of hydrogen-bond donors (Lipinski definition) is 1. The van der Waals surface area contributed by atoms with Crippen molar-refractivity contribution in [2.75, 3.05) is 0 Å². The van der Waals surface area contributed by atoms with Crippen molar-refractivity contribution in [1.29, 1.82) is 0 Å². The highest BCUT2D eigenvalue weighted by Crippen LogP contribution is 2.38. The molecule has 0 saturated heterocycles. The third-order valence-electron chi connectivity index (χ3n) is 3.59. The maximum Gasteiger partial charge on any atom is 0.336 e. The van der Waals surface area contributed by atoms with Crippen molar-refractivity contribution in [3.8, 4) is 10.4 Å². The Balaban J connectivity index is 1.92. The van der Waals surface area contributed by atoms with E-state index in [1.165, 1.54) is 36.2 Å². The zero-order chi connectivity index (χ0) is 12.5. The van der Waals surface area contributed by atoms with Gasteiger partial charge in [0.1, 0.15) is 0 Å². The molecule has 2 nitrogen and oxygen atoms in total. The molecule has 1 aromatic carbocycles. The van der Waals surface area contributed by atoms with E-state index in [1.807, 2.05) is 0 Å². The molecular formula is C15H14O2S. The monoisotopic (exact) mass is 258 g/mol. The summed E-state index contributed by atoms with van der Waals surface area (Å²) in [5.74, 6) is -0.142. The summed E-state index contributed by atoms with van der Waals surface area (Å²) in [6.45, 7) is 0. The number of benzene rings is 1. The van der Waals surface area contributed by atoms with Gasteiger partial charge in [0.2, 0.25) is 0 Å². The molecule has 2 aromatic rings. The number of carboxylic acid groups (broad SMARTS) is 1. The topological polar surface area (TPSA) is 37.3 Å². The van der Waals surface area contributed by atoms with Crippen LogP contribution in [0.15, 0.2) is 35.7 Å². The average molecular weight is 258 g/mol. The van der Waals surface area contributed by atoms with Crippen LogP contribution in [0.5, 0.6) is 0 Å². The Bertz CT molecular complexity index is 582. The normalized spacial score (nSPS) is 15.3. The summed E-state index contributed by atoms with van der Waals surface area (Å²) < 4.78 is 0. The summed E-state index contributed by atoms with van der Waals surface area (Å²) in [7, 11) is 0. The Morgan fingerprint density at radius 1 is 1.28 bits per heavy atom. The van der Waals surface area contributed by atoms with E-state index in [0.717, 1.165) is 10.4 Å². The van der Waals surface area contributed by atoms with Crippen LogP contribution in [-0.2, 0) is 0 Å². The zero-order valence-corrected chi connectivity index (χ0v) is 10.7. The van der Waals surface area contributed by atoms with Crippen molar-refractivity contribution < 1.29 is 9.90 Å². The molecule has 1 aliphatic rings. The van der Waals surface area contributed by atoms with Gasteiger partial charge in [-0.25, -0.2) is 4.79 Å². The van der Waals surface area contributed by atoms with Crippen LogP contribution in [0.3, 0.4) is 0 Å². The number of aromatic carboxylic acids is 1. The molecule has 0 spiro atoms. The number of hydrogen-bond acceptors (Lipinski definition) is 2. The molecule has 0 amide bonds. The predicted octanol–water partition coefficient (Wildman–Crippen LogP) is 4.38. The summed E-state index contributed by atoms with van der Waals surface area (Å²) >= 11 is 1.50. The van der Waals surface area contributed by atoms with Gasteiger partial charge in [-0.05, 0) is 36.0 Å². The molecule has 1 aliphatic carbocycles. The first-order valence-electron chi connectivity index (χ1n) is 6.16. The first kappa shape index (κ1) is 11.5. The highest BCUT2D eigenvalue weighted by Gasteiger charge is 2.19. The first-order valence-corrected chi connectivity index (χ1v) is 7.04. The fourth-order valence-electron chi connectivity index (χ4n) is 2.29. The number of carboxylic acids is 1. The van der Waals surface area contributed by atoms with Gasteiger partial charge in [-0.15, -0.1) is 11.3 Å². The van der Waals surface area contributed by atoms with Gasteiger partial charge in [-0.3, -0.25) is 0 Å². The molecule has 0 bridgehead atoms. The molecule has 0 atom stereocenters. The van der Waals surface area contributed by atoms with Crippen LogP contribution in [0.2, 0.25) is 0 Å². The van der Waals surface area contributed by atoms with Crippen LogP contribution in [-0.4, -0.2) is 11.1 Å². The summed E-state index contributed by atoms with van der Waals surface area (Å²) in [6, 6.07) is 10.3. The van der Waals surface area contributed by atoms with E-state index in [2.05, 4.69) is 24.3 Å². The van der Waals surface area contributed by atoms with Gasteiger partial charge in [0.15, 0.2) is 0 Å². The van der Waals surface area contributed by atoms with Crippen molar-refractivity contribution in [2.45, 2.75) is 25.2 Å². The maximum atomic E-state index is 10.9. The average Bonchev–Trinajstić information content (AvgIpc) is 2.76. The minimum atomic E-state index is -0.854. The Kier molecular flexibility index (Phi) is 2.92. The van der Waals surface area contributed by atoms with E-state index in [0.29, 0.717) is 11.5 Å². The number of carbonyl (C=O) groups is 1. The van der Waals surface area contributed by atoms with Crippen LogP contribution in [0.25, 0.3) is 10.4 Å². The standard InChI is InChI=1S/C15H14O2S/c16-15(17)13-8-14(18-9-13)12-6-2-5-11(7-12)10-3-1-4-10/h2,5-10H,1,3-4H2,(H,16,17). The molecule has 92 valence electrons. The Labute approximate surface area is 110 Å². The molecule has 0 radical (unpaired) electrons. The molecule has 1 aromatic heterocycles. The lowest BCUT2D eigenvalue weighted by molar-refractivity contribution is 0.0697. The predicted molar refractivity (Wildman–Crippen MR) is 73.3 cm³/mol. The molecule has 1 N–H and O–H groups in total. The van der Waals surface area contributed by atoms with Gasteiger partial charge in [0, 0.05) is 10.3 Å². The molecule has 18 heavy (non-hydrogen) atoms. The quantitative estimate of drug-likeness (QED) is 0.887. The van der Waals surface area contributed by atoms with Crippen molar-refractivity contribution >= 4 is 17.3 Å². The van der Waals surface area contributed by atoms with Crippen LogP contribution in [0.4, 0.5) is 0 Å². The van der Waals surface area contributed by atoms with Gasteiger partial charge in [0.05, 0.1) is 5.56 Å². The molecular weight excluding hydrogens is 244 g/mol. The van der Waals surface area contributed by atoms with Gasteiger partial charge in [0.25, 0.3) is 0 Å². The molecule has 1 heterocycles. The lowest BCUT2D eigenvalue weighted by atomic mass is 9.79. The van der Waals surface area contributed by atoms with Gasteiger partial charge >= 0.3 is 5.97 Å². The van der Waals surface area contributed by atoms with Gasteiger partial charge in [-0.1, -0.05) is 30.7 Å². The van der Waals surface area contributed by atoms with Gasteiger partial charge < -0.3 is 5.11 Å². The third kappa shape index (κ3) is 2.06.